The van der Waals surface area contributed by atoms with E-state index >= 15 is 0 Å². The quantitative estimate of drug-likeness (QED) is 0.0780. The monoisotopic (exact) mass is 660 g/mol. The lowest BCUT2D eigenvalue weighted by molar-refractivity contribution is -0.153. The van der Waals surface area contributed by atoms with Crippen LogP contribution in [0.3, 0.4) is 0 Å². The van der Waals surface area contributed by atoms with Gasteiger partial charge in [0.1, 0.15) is 0 Å². The van der Waals surface area contributed by atoms with Gasteiger partial charge in [0.2, 0.25) is 4.33 Å². The Morgan fingerprint density at radius 2 is 1.06 bits per heavy atom. The van der Waals surface area contributed by atoms with Crippen LogP contribution in [-0.4, -0.2) is 29.4 Å². The number of carbonyl (C=O) groups excluding carboxylic acids is 1. The lowest BCUT2D eigenvalue weighted by Gasteiger charge is -2.41. The fraction of sp³-hybridized carbons (Fsp3) is 0.957. The van der Waals surface area contributed by atoms with Crippen molar-refractivity contribution in [1.82, 2.24) is 0 Å². The number of unbranched alkanes of at least 4 members (excludes halogenated alkanes) is 11. The number of hydrogen-bond donors (Lipinski definition) is 0. The van der Waals surface area contributed by atoms with Gasteiger partial charge in [-0.25, -0.2) is 4.79 Å². The van der Waals surface area contributed by atoms with Crippen LogP contribution < -0.4 is 0 Å². The van der Waals surface area contributed by atoms with Gasteiger partial charge in [-0.05, 0) is 6.42 Å². The zero-order valence-electron chi connectivity index (χ0n) is 20.1. The molecule has 0 saturated heterocycles. The van der Waals surface area contributed by atoms with Gasteiger partial charge in [0.25, 0.3) is 4.52 Å². The molecule has 0 heterocycles. The molecular weight excluding hydrogens is 627 g/mol. The van der Waals surface area contributed by atoms with Crippen LogP contribution in [0.25, 0.3) is 0 Å². The van der Waals surface area contributed by atoms with Crippen molar-refractivity contribution in [3.05, 3.63) is 0 Å². The molecule has 0 saturated carbocycles. The molecule has 0 rings (SSSR count). The van der Waals surface area contributed by atoms with Crippen molar-refractivity contribution in [3.63, 3.8) is 0 Å². The summed E-state index contributed by atoms with van der Waals surface area (Å²) in [5, 5.41) is 0. The SMILES string of the molecule is CCCCCCCCCCCCCCC(Cl)(Cl)C(Cl)(Cl)C(Cl)(Cl)C(=O)OC(Cl)(Cl)C(C)(C)CCl. The van der Waals surface area contributed by atoms with Crippen molar-refractivity contribution in [2.75, 3.05) is 5.88 Å². The highest BCUT2D eigenvalue weighted by Gasteiger charge is 2.66. The van der Waals surface area contributed by atoms with Gasteiger partial charge in [-0.2, -0.15) is 0 Å². The summed E-state index contributed by atoms with van der Waals surface area (Å²) in [5.74, 6) is -1.31. The minimum absolute atomic E-state index is 0.0222. The molecule has 0 amide bonds. The summed E-state index contributed by atoms with van der Waals surface area (Å²) in [6.45, 7) is 5.41. The summed E-state index contributed by atoms with van der Waals surface area (Å²) in [6.07, 6.45) is 14.1. The van der Waals surface area contributed by atoms with Gasteiger partial charge in [0.05, 0.1) is 0 Å². The minimum atomic E-state index is -2.56. The normalized spacial score (nSPS) is 13.9. The van der Waals surface area contributed by atoms with Crippen LogP contribution in [-0.2, 0) is 9.53 Å². The van der Waals surface area contributed by atoms with E-state index in [1.807, 2.05) is 0 Å². The molecule has 0 radical (unpaired) electrons. The smallest absolute Gasteiger partial charge is 0.348 e. The molecule has 0 N–H and O–H groups in total. The summed E-state index contributed by atoms with van der Waals surface area (Å²) in [4.78, 5) is 12.7. The second-order valence-electron chi connectivity index (χ2n) is 9.42. The van der Waals surface area contributed by atoms with E-state index in [2.05, 4.69) is 6.92 Å². The first kappa shape index (κ1) is 36.1. The second kappa shape index (κ2) is 16.2. The Kier molecular flexibility index (Phi) is 17.2. The molecule has 0 aromatic rings. The molecular formula is C23H37Cl9O2. The molecule has 0 unspecified atom stereocenters. The minimum Gasteiger partial charge on any atom is -0.426 e. The van der Waals surface area contributed by atoms with Gasteiger partial charge in [-0.1, -0.05) is 191 Å². The van der Waals surface area contributed by atoms with Crippen LogP contribution in [0, 0.1) is 5.41 Å². The zero-order valence-corrected chi connectivity index (χ0v) is 26.9. The highest BCUT2D eigenvalue weighted by Crippen LogP contribution is 2.57. The van der Waals surface area contributed by atoms with Gasteiger partial charge in [-0.3, -0.25) is 0 Å². The van der Waals surface area contributed by atoms with Crippen LogP contribution in [0.2, 0.25) is 0 Å². The van der Waals surface area contributed by atoms with E-state index in [1.165, 1.54) is 51.4 Å². The topological polar surface area (TPSA) is 26.3 Å². The molecule has 0 aliphatic rings. The van der Waals surface area contributed by atoms with E-state index in [1.54, 1.807) is 13.8 Å². The molecule has 0 aromatic heterocycles. The van der Waals surface area contributed by atoms with E-state index in [0.29, 0.717) is 6.42 Å². The predicted octanol–water partition coefficient (Wildman–Crippen LogP) is 11.5. The maximum absolute atomic E-state index is 12.7. The van der Waals surface area contributed by atoms with E-state index < -0.39 is 28.9 Å². The molecule has 0 aliphatic carbocycles. The summed E-state index contributed by atoms with van der Waals surface area (Å²) in [7, 11) is 0. The molecule has 0 aromatic carbocycles. The third-order valence-corrected chi connectivity index (χ3v) is 11.4. The first-order valence-electron chi connectivity index (χ1n) is 11.8. The van der Waals surface area contributed by atoms with Crippen LogP contribution >= 0.6 is 104 Å². The summed E-state index contributed by atoms with van der Waals surface area (Å²) in [5.41, 5.74) is -1.04. The lowest BCUT2D eigenvalue weighted by atomic mass is 9.97. The maximum Gasteiger partial charge on any atom is 0.348 e. The van der Waals surface area contributed by atoms with Crippen LogP contribution in [0.4, 0.5) is 0 Å². The van der Waals surface area contributed by atoms with E-state index in [9.17, 15) is 4.79 Å². The van der Waals surface area contributed by atoms with Gasteiger partial charge >= 0.3 is 5.97 Å². The fourth-order valence-electron chi connectivity index (χ4n) is 3.10. The number of rotatable bonds is 19. The molecule has 34 heavy (non-hydrogen) atoms. The molecule has 11 heteroatoms. The Morgan fingerprint density at radius 3 is 1.44 bits per heavy atom. The number of ether oxygens (including phenoxy) is 1. The molecule has 2 nitrogen and oxygen atoms in total. The molecule has 204 valence electrons. The van der Waals surface area contributed by atoms with Crippen LogP contribution in [0.5, 0.6) is 0 Å². The van der Waals surface area contributed by atoms with Crippen molar-refractivity contribution in [3.8, 4) is 0 Å². The fourth-order valence-corrected chi connectivity index (χ4v) is 5.19. The molecule has 0 atom stereocenters. The third-order valence-electron chi connectivity index (χ3n) is 5.80. The molecule has 0 spiro atoms. The van der Waals surface area contributed by atoms with Gasteiger partial charge in [0.15, 0.2) is 8.67 Å². The Balaban J connectivity index is 4.61. The number of halogens is 9. The van der Waals surface area contributed by atoms with Crippen molar-refractivity contribution in [2.24, 2.45) is 5.41 Å². The molecule has 0 aliphatic heterocycles. The van der Waals surface area contributed by atoms with Gasteiger partial charge in [0, 0.05) is 11.3 Å². The number of carbonyl (C=O) groups is 1. The van der Waals surface area contributed by atoms with Crippen molar-refractivity contribution < 1.29 is 9.53 Å². The average molecular weight is 665 g/mol. The van der Waals surface area contributed by atoms with Gasteiger partial charge < -0.3 is 4.74 Å². The Labute approximate surface area is 251 Å². The molecule has 0 fully saturated rings. The zero-order chi connectivity index (χ0) is 26.7. The third kappa shape index (κ3) is 11.1. The van der Waals surface area contributed by atoms with Gasteiger partial charge in [-0.15, -0.1) is 11.6 Å². The number of esters is 1. The predicted molar refractivity (Wildman–Crippen MR) is 154 cm³/mol. The highest BCUT2D eigenvalue weighted by atomic mass is 35.6. The Bertz CT molecular complexity index is 593. The summed E-state index contributed by atoms with van der Waals surface area (Å²) in [6, 6.07) is 0. The Morgan fingerprint density at radius 1 is 0.676 bits per heavy atom. The largest absolute Gasteiger partial charge is 0.426 e. The van der Waals surface area contributed by atoms with Crippen LogP contribution in [0.1, 0.15) is 104 Å². The summed E-state index contributed by atoms with van der Waals surface area (Å²) < 4.78 is -3.67. The van der Waals surface area contributed by atoms with Crippen molar-refractivity contribution >= 4 is 110 Å². The first-order valence-corrected chi connectivity index (χ1v) is 15.4. The Hall–Kier alpha value is 2.08. The summed E-state index contributed by atoms with van der Waals surface area (Å²) >= 11 is 56.2. The maximum atomic E-state index is 12.7. The van der Waals surface area contributed by atoms with E-state index in [-0.39, 0.29) is 12.3 Å². The highest BCUT2D eigenvalue weighted by molar-refractivity contribution is 6.73. The van der Waals surface area contributed by atoms with E-state index in [4.69, 9.17) is 109 Å². The van der Waals surface area contributed by atoms with E-state index in [0.717, 1.165) is 19.3 Å². The van der Waals surface area contributed by atoms with Crippen LogP contribution in [0.15, 0.2) is 0 Å². The average Bonchev–Trinajstić information content (AvgIpc) is 2.73. The van der Waals surface area contributed by atoms with Crippen molar-refractivity contribution in [2.45, 2.75) is 122 Å². The molecule has 0 bridgehead atoms. The second-order valence-corrected chi connectivity index (χ2v) is 15.1. The first-order chi connectivity index (χ1) is 15.5. The standard InChI is InChI=1S/C23H37Cl9O2/c1-4-5-6-7-8-9-10-11-12-13-14-15-16-20(25,26)22(29,30)21(27,28)18(33)34-23(31,32)19(2,3)17-24/h4-17H2,1-3H3. The lowest BCUT2D eigenvalue weighted by Crippen LogP contribution is -2.56. The number of alkyl halides is 9. The number of hydrogen-bond acceptors (Lipinski definition) is 2. The van der Waals surface area contributed by atoms with Crippen molar-refractivity contribution in [1.29, 1.82) is 0 Å².